The van der Waals surface area contributed by atoms with E-state index in [2.05, 4.69) is 0 Å². The molecule has 1 saturated heterocycles. The molecule has 0 saturated carbocycles. The summed E-state index contributed by atoms with van der Waals surface area (Å²) in [6.45, 7) is 4.25. The van der Waals surface area contributed by atoms with Crippen LogP contribution in [-0.4, -0.2) is 42.4 Å². The molecule has 0 aliphatic carbocycles. The minimum atomic E-state index is -0.953. The van der Waals surface area contributed by atoms with Gasteiger partial charge in [0.15, 0.2) is 0 Å². The fourth-order valence-corrected chi connectivity index (χ4v) is 2.12. The highest BCUT2D eigenvalue weighted by molar-refractivity contribution is 5.21. The molecule has 1 heterocycles. The van der Waals surface area contributed by atoms with Gasteiger partial charge in [0.2, 0.25) is 0 Å². The third-order valence-corrected chi connectivity index (χ3v) is 3.23. The van der Waals surface area contributed by atoms with Crippen molar-refractivity contribution in [2.75, 3.05) is 26.3 Å². The number of halogens is 2. The molecule has 0 bridgehead atoms. The number of ether oxygens (including phenoxy) is 1. The molecular weight excluding hydrogens is 240 g/mol. The number of β-amino-alcohol motifs (C(OH)–C–C–N with tert-alkyl or cyclic N) is 1. The lowest BCUT2D eigenvalue weighted by atomic mass is 10.1. The van der Waals surface area contributed by atoms with E-state index in [1.807, 2.05) is 11.8 Å². The van der Waals surface area contributed by atoms with Gasteiger partial charge in [0.1, 0.15) is 11.6 Å². The van der Waals surface area contributed by atoms with Gasteiger partial charge in [-0.2, -0.15) is 0 Å². The number of aliphatic hydroxyl groups is 1. The van der Waals surface area contributed by atoms with Crippen LogP contribution in [0.5, 0.6) is 0 Å². The Morgan fingerprint density at radius 3 is 2.94 bits per heavy atom. The fourth-order valence-electron chi connectivity index (χ4n) is 2.12. The summed E-state index contributed by atoms with van der Waals surface area (Å²) in [7, 11) is 0. The van der Waals surface area contributed by atoms with Gasteiger partial charge in [0.25, 0.3) is 0 Å². The Hall–Kier alpha value is -1.04. The smallest absolute Gasteiger partial charge is 0.131 e. The molecule has 1 aliphatic rings. The van der Waals surface area contributed by atoms with E-state index in [-0.39, 0.29) is 11.6 Å². The van der Waals surface area contributed by atoms with Crippen molar-refractivity contribution in [1.82, 2.24) is 4.90 Å². The molecule has 0 amide bonds. The number of benzene rings is 1. The topological polar surface area (TPSA) is 32.7 Å². The highest BCUT2D eigenvalue weighted by Crippen LogP contribution is 2.20. The van der Waals surface area contributed by atoms with Gasteiger partial charge >= 0.3 is 0 Å². The molecule has 0 aromatic heterocycles. The monoisotopic (exact) mass is 257 g/mol. The normalized spacial score (nSPS) is 23.0. The van der Waals surface area contributed by atoms with Crippen LogP contribution < -0.4 is 0 Å². The lowest BCUT2D eigenvalue weighted by Crippen LogP contribution is -2.45. The average molecular weight is 257 g/mol. The molecule has 2 rings (SSSR count). The van der Waals surface area contributed by atoms with Crippen LogP contribution in [0.1, 0.15) is 18.6 Å². The van der Waals surface area contributed by atoms with Crippen LogP contribution in [0.2, 0.25) is 0 Å². The zero-order valence-electron chi connectivity index (χ0n) is 10.3. The van der Waals surface area contributed by atoms with Crippen molar-refractivity contribution >= 4 is 0 Å². The lowest BCUT2D eigenvalue weighted by molar-refractivity contribution is -0.0207. The van der Waals surface area contributed by atoms with Crippen molar-refractivity contribution in [3.05, 3.63) is 35.4 Å². The zero-order valence-corrected chi connectivity index (χ0v) is 10.3. The van der Waals surface area contributed by atoms with Gasteiger partial charge in [0, 0.05) is 30.8 Å². The van der Waals surface area contributed by atoms with Crippen molar-refractivity contribution in [3.8, 4) is 0 Å². The molecule has 18 heavy (non-hydrogen) atoms. The number of hydrogen-bond acceptors (Lipinski definition) is 3. The molecule has 1 fully saturated rings. The maximum absolute atomic E-state index is 13.5. The van der Waals surface area contributed by atoms with Gasteiger partial charge < -0.3 is 9.84 Å². The number of hydrogen-bond donors (Lipinski definition) is 1. The second-order valence-electron chi connectivity index (χ2n) is 4.60. The summed E-state index contributed by atoms with van der Waals surface area (Å²) in [5.74, 6) is -1.34. The highest BCUT2D eigenvalue weighted by atomic mass is 19.1. The zero-order chi connectivity index (χ0) is 13.1. The Morgan fingerprint density at radius 2 is 2.28 bits per heavy atom. The lowest BCUT2D eigenvalue weighted by Gasteiger charge is -2.34. The number of nitrogens with zero attached hydrogens (tertiary/aromatic N) is 1. The molecule has 5 heteroatoms. The summed E-state index contributed by atoms with van der Waals surface area (Å²) in [4.78, 5) is 2.04. The van der Waals surface area contributed by atoms with Crippen LogP contribution >= 0.6 is 0 Å². The molecule has 1 aromatic carbocycles. The first-order valence-corrected chi connectivity index (χ1v) is 6.02. The minimum Gasteiger partial charge on any atom is -0.387 e. The number of rotatable bonds is 3. The molecule has 0 spiro atoms. The predicted molar refractivity (Wildman–Crippen MR) is 63.2 cm³/mol. The van der Waals surface area contributed by atoms with Crippen LogP contribution in [-0.2, 0) is 4.74 Å². The molecule has 1 aliphatic heterocycles. The first kappa shape index (κ1) is 13.4. The Kier molecular flexibility index (Phi) is 4.27. The predicted octanol–water partition coefficient (Wildman–Crippen LogP) is 1.72. The Balaban J connectivity index is 2.04. The van der Waals surface area contributed by atoms with Crippen molar-refractivity contribution in [1.29, 1.82) is 0 Å². The second-order valence-corrected chi connectivity index (χ2v) is 4.60. The summed E-state index contributed by atoms with van der Waals surface area (Å²) in [6, 6.07) is 3.43. The maximum atomic E-state index is 13.5. The van der Waals surface area contributed by atoms with Crippen molar-refractivity contribution in [2.45, 2.75) is 19.1 Å². The molecule has 0 radical (unpaired) electrons. The van der Waals surface area contributed by atoms with Crippen LogP contribution in [0, 0.1) is 11.6 Å². The molecule has 100 valence electrons. The molecule has 1 N–H and O–H groups in total. The summed E-state index contributed by atoms with van der Waals surface area (Å²) < 4.78 is 31.6. The molecule has 2 atom stereocenters. The van der Waals surface area contributed by atoms with Gasteiger partial charge in [-0.15, -0.1) is 0 Å². The quantitative estimate of drug-likeness (QED) is 0.895. The summed E-state index contributed by atoms with van der Waals surface area (Å²) in [6.07, 6.45) is -0.953. The molecule has 1 aromatic rings. The first-order chi connectivity index (χ1) is 8.58. The van der Waals surface area contributed by atoms with E-state index in [4.69, 9.17) is 4.74 Å². The average Bonchev–Trinajstić information content (AvgIpc) is 2.32. The Labute approximate surface area is 105 Å². The van der Waals surface area contributed by atoms with E-state index in [9.17, 15) is 13.9 Å². The van der Waals surface area contributed by atoms with Gasteiger partial charge in [-0.05, 0) is 13.0 Å². The third-order valence-electron chi connectivity index (χ3n) is 3.23. The minimum absolute atomic E-state index is 0.134. The van der Waals surface area contributed by atoms with Crippen LogP contribution in [0.4, 0.5) is 8.78 Å². The molecule has 2 unspecified atom stereocenters. The second kappa shape index (κ2) is 5.73. The standard InChI is InChI=1S/C13H17F2NO2/c1-9-8-18-5-4-16(9)7-13(17)11-3-2-10(14)6-12(11)15/h2-3,6,9,13,17H,4-5,7-8H2,1H3. The maximum Gasteiger partial charge on any atom is 0.131 e. The Bertz CT molecular complexity index is 414. The largest absolute Gasteiger partial charge is 0.387 e. The molecular formula is C13H17F2NO2. The van der Waals surface area contributed by atoms with Crippen molar-refractivity contribution in [2.24, 2.45) is 0 Å². The summed E-state index contributed by atoms with van der Waals surface area (Å²) in [5.41, 5.74) is 0.134. The van der Waals surface area contributed by atoms with Crippen molar-refractivity contribution in [3.63, 3.8) is 0 Å². The van der Waals surface area contributed by atoms with E-state index in [1.54, 1.807) is 0 Å². The SMILES string of the molecule is CC1COCCN1CC(O)c1ccc(F)cc1F. The van der Waals surface area contributed by atoms with E-state index in [1.165, 1.54) is 6.07 Å². The van der Waals surface area contributed by atoms with E-state index < -0.39 is 17.7 Å². The fraction of sp³-hybridized carbons (Fsp3) is 0.538. The van der Waals surface area contributed by atoms with E-state index in [0.29, 0.717) is 26.3 Å². The van der Waals surface area contributed by atoms with Crippen LogP contribution in [0.3, 0.4) is 0 Å². The van der Waals surface area contributed by atoms with Crippen LogP contribution in [0.15, 0.2) is 18.2 Å². The van der Waals surface area contributed by atoms with Gasteiger partial charge in [0.05, 0.1) is 19.3 Å². The molecule has 3 nitrogen and oxygen atoms in total. The highest BCUT2D eigenvalue weighted by Gasteiger charge is 2.23. The van der Waals surface area contributed by atoms with Crippen LogP contribution in [0.25, 0.3) is 0 Å². The summed E-state index contributed by atoms with van der Waals surface area (Å²) >= 11 is 0. The summed E-state index contributed by atoms with van der Waals surface area (Å²) in [5, 5.41) is 10.0. The van der Waals surface area contributed by atoms with Gasteiger partial charge in [-0.3, -0.25) is 4.90 Å². The number of aliphatic hydroxyl groups excluding tert-OH is 1. The van der Waals surface area contributed by atoms with E-state index >= 15 is 0 Å². The van der Waals surface area contributed by atoms with Gasteiger partial charge in [-0.25, -0.2) is 8.78 Å². The number of morpholine rings is 1. The Morgan fingerprint density at radius 1 is 1.50 bits per heavy atom. The van der Waals surface area contributed by atoms with Crippen molar-refractivity contribution < 1.29 is 18.6 Å². The van der Waals surface area contributed by atoms with Gasteiger partial charge in [-0.1, -0.05) is 6.07 Å². The third kappa shape index (κ3) is 3.04. The first-order valence-electron chi connectivity index (χ1n) is 6.02. The van der Waals surface area contributed by atoms with E-state index in [0.717, 1.165) is 12.1 Å².